The molecular formula is C8H12BrNO. The molecule has 3 heteroatoms. The highest BCUT2D eigenvalue weighted by atomic mass is 79.9. The van der Waals surface area contributed by atoms with Gasteiger partial charge in [-0.3, -0.25) is 0 Å². The van der Waals surface area contributed by atoms with Crippen LogP contribution >= 0.6 is 17.0 Å². The second-order valence-corrected chi connectivity index (χ2v) is 2.16. The Labute approximate surface area is 77.0 Å². The largest absolute Gasteiger partial charge is 0.508 e. The van der Waals surface area contributed by atoms with Gasteiger partial charge in [0.1, 0.15) is 5.75 Å². The van der Waals surface area contributed by atoms with Gasteiger partial charge in [0.05, 0.1) is 0 Å². The number of phenols is 1. The molecule has 0 radical (unpaired) electrons. The summed E-state index contributed by atoms with van der Waals surface area (Å²) in [5, 5.41) is 12.2. The van der Waals surface area contributed by atoms with E-state index >= 15 is 0 Å². The summed E-state index contributed by atoms with van der Waals surface area (Å²) in [6, 6.07) is 7.30. The van der Waals surface area contributed by atoms with Crippen molar-refractivity contribution in [2.45, 2.75) is 6.54 Å². The third kappa shape index (κ3) is 2.91. The van der Waals surface area contributed by atoms with Crippen molar-refractivity contribution in [1.82, 2.24) is 5.32 Å². The molecule has 0 aliphatic rings. The Bertz CT molecular complexity index is 215. The molecule has 0 saturated carbocycles. The first kappa shape index (κ1) is 10.5. The lowest BCUT2D eigenvalue weighted by Gasteiger charge is -2.00. The minimum absolute atomic E-state index is 0. The van der Waals surface area contributed by atoms with Crippen LogP contribution in [0.1, 0.15) is 5.56 Å². The van der Waals surface area contributed by atoms with Crippen LogP contribution < -0.4 is 5.32 Å². The van der Waals surface area contributed by atoms with Crippen LogP contribution in [-0.2, 0) is 6.54 Å². The molecule has 0 aromatic heterocycles. The molecule has 0 bridgehead atoms. The van der Waals surface area contributed by atoms with Gasteiger partial charge in [0.15, 0.2) is 0 Å². The fraction of sp³-hybridized carbons (Fsp3) is 0.250. The van der Waals surface area contributed by atoms with Crippen molar-refractivity contribution < 1.29 is 5.11 Å². The number of rotatable bonds is 2. The summed E-state index contributed by atoms with van der Waals surface area (Å²) in [4.78, 5) is 0. The van der Waals surface area contributed by atoms with E-state index in [0.29, 0.717) is 12.3 Å². The van der Waals surface area contributed by atoms with E-state index in [1.807, 2.05) is 25.2 Å². The molecule has 62 valence electrons. The van der Waals surface area contributed by atoms with Crippen LogP contribution in [0.3, 0.4) is 0 Å². The smallest absolute Gasteiger partial charge is 0.120 e. The quantitative estimate of drug-likeness (QED) is 0.791. The average Bonchev–Trinajstić information content (AvgIpc) is 1.94. The van der Waals surface area contributed by atoms with Crippen molar-refractivity contribution in [3.63, 3.8) is 0 Å². The van der Waals surface area contributed by atoms with Crippen molar-refractivity contribution in [3.8, 4) is 5.75 Å². The Morgan fingerprint density at radius 3 is 2.55 bits per heavy atom. The predicted molar refractivity (Wildman–Crippen MR) is 51.2 cm³/mol. The minimum Gasteiger partial charge on any atom is -0.508 e. The van der Waals surface area contributed by atoms with Crippen LogP contribution in [0.2, 0.25) is 0 Å². The van der Waals surface area contributed by atoms with E-state index in [1.165, 1.54) is 0 Å². The molecule has 1 rings (SSSR count). The highest BCUT2D eigenvalue weighted by Crippen LogP contribution is 2.14. The zero-order valence-electron chi connectivity index (χ0n) is 6.37. The van der Waals surface area contributed by atoms with Crippen LogP contribution in [-0.4, -0.2) is 12.2 Å². The summed E-state index contributed by atoms with van der Waals surface area (Å²) < 4.78 is 0. The van der Waals surface area contributed by atoms with Gasteiger partial charge < -0.3 is 10.4 Å². The van der Waals surface area contributed by atoms with E-state index < -0.39 is 0 Å². The maximum Gasteiger partial charge on any atom is 0.120 e. The maximum absolute atomic E-state index is 9.20. The Morgan fingerprint density at radius 2 is 2.00 bits per heavy atom. The van der Waals surface area contributed by atoms with E-state index in [9.17, 15) is 5.11 Å². The van der Waals surface area contributed by atoms with Crippen molar-refractivity contribution >= 4 is 17.0 Å². The molecule has 0 unspecified atom stereocenters. The van der Waals surface area contributed by atoms with Gasteiger partial charge in [0, 0.05) is 12.1 Å². The Balaban J connectivity index is 0.000001000. The monoisotopic (exact) mass is 217 g/mol. The van der Waals surface area contributed by atoms with E-state index in [-0.39, 0.29) is 17.0 Å². The number of aromatic hydroxyl groups is 1. The van der Waals surface area contributed by atoms with Crippen LogP contribution in [0, 0.1) is 0 Å². The molecule has 0 spiro atoms. The van der Waals surface area contributed by atoms with Crippen LogP contribution in [0.5, 0.6) is 5.75 Å². The summed E-state index contributed by atoms with van der Waals surface area (Å²) in [5.41, 5.74) is 0.935. The minimum atomic E-state index is 0. The lowest BCUT2D eigenvalue weighted by molar-refractivity contribution is 0.466. The van der Waals surface area contributed by atoms with Gasteiger partial charge in [0.2, 0.25) is 0 Å². The molecule has 0 aliphatic heterocycles. The van der Waals surface area contributed by atoms with Gasteiger partial charge in [0.25, 0.3) is 0 Å². The fourth-order valence-corrected chi connectivity index (χ4v) is 0.851. The summed E-state index contributed by atoms with van der Waals surface area (Å²) >= 11 is 0. The lowest BCUT2D eigenvalue weighted by atomic mass is 10.2. The van der Waals surface area contributed by atoms with E-state index in [0.717, 1.165) is 5.56 Å². The number of nitrogens with one attached hydrogen (secondary N) is 1. The standard InChI is InChI=1S/C8H11NO.BrH/c1-9-6-7-4-2-3-5-8(7)10;/h2-5,9-10H,6H2,1H3;1H. The van der Waals surface area contributed by atoms with E-state index in [1.54, 1.807) is 6.07 Å². The summed E-state index contributed by atoms with van der Waals surface area (Å²) in [5.74, 6) is 0.358. The average molecular weight is 218 g/mol. The molecule has 0 heterocycles. The summed E-state index contributed by atoms with van der Waals surface area (Å²) in [7, 11) is 1.85. The second-order valence-electron chi connectivity index (χ2n) is 2.16. The number of hydrogen-bond donors (Lipinski definition) is 2. The molecule has 0 saturated heterocycles. The highest BCUT2D eigenvalue weighted by Gasteiger charge is 1.94. The third-order valence-corrected chi connectivity index (χ3v) is 1.36. The van der Waals surface area contributed by atoms with Gasteiger partial charge in [-0.05, 0) is 13.1 Å². The molecular weight excluding hydrogens is 206 g/mol. The van der Waals surface area contributed by atoms with Crippen molar-refractivity contribution in [2.75, 3.05) is 7.05 Å². The van der Waals surface area contributed by atoms with Gasteiger partial charge in [-0.25, -0.2) is 0 Å². The molecule has 11 heavy (non-hydrogen) atoms. The van der Waals surface area contributed by atoms with Gasteiger partial charge in [-0.1, -0.05) is 18.2 Å². The van der Waals surface area contributed by atoms with Gasteiger partial charge in [-0.2, -0.15) is 0 Å². The number of halogens is 1. The predicted octanol–water partition coefficient (Wildman–Crippen LogP) is 1.69. The first-order valence-corrected chi connectivity index (χ1v) is 3.26. The van der Waals surface area contributed by atoms with Crippen molar-refractivity contribution in [1.29, 1.82) is 0 Å². The second kappa shape index (κ2) is 5.16. The Hall–Kier alpha value is -0.540. The Kier molecular flexibility index (Phi) is 4.90. The third-order valence-electron chi connectivity index (χ3n) is 1.36. The Morgan fingerprint density at radius 1 is 1.36 bits per heavy atom. The van der Waals surface area contributed by atoms with Crippen molar-refractivity contribution in [2.24, 2.45) is 0 Å². The van der Waals surface area contributed by atoms with Gasteiger partial charge in [-0.15, -0.1) is 17.0 Å². The number of para-hydroxylation sites is 1. The molecule has 0 atom stereocenters. The molecule has 0 amide bonds. The molecule has 0 aliphatic carbocycles. The first-order chi connectivity index (χ1) is 4.84. The van der Waals surface area contributed by atoms with Crippen LogP contribution in [0.25, 0.3) is 0 Å². The molecule has 2 N–H and O–H groups in total. The fourth-order valence-electron chi connectivity index (χ4n) is 0.851. The molecule has 1 aromatic rings. The number of benzene rings is 1. The van der Waals surface area contributed by atoms with Gasteiger partial charge >= 0.3 is 0 Å². The number of phenolic OH excluding ortho intramolecular Hbond substituents is 1. The van der Waals surface area contributed by atoms with E-state index in [2.05, 4.69) is 5.32 Å². The number of hydrogen-bond acceptors (Lipinski definition) is 2. The van der Waals surface area contributed by atoms with E-state index in [4.69, 9.17) is 0 Å². The SMILES string of the molecule is Br.CNCc1ccccc1O. The zero-order valence-corrected chi connectivity index (χ0v) is 8.09. The normalized spacial score (nSPS) is 8.82. The summed E-state index contributed by atoms with van der Waals surface area (Å²) in [6.07, 6.45) is 0. The van der Waals surface area contributed by atoms with Crippen LogP contribution in [0.4, 0.5) is 0 Å². The topological polar surface area (TPSA) is 32.3 Å². The molecule has 0 fully saturated rings. The lowest BCUT2D eigenvalue weighted by Crippen LogP contribution is -2.04. The summed E-state index contributed by atoms with van der Waals surface area (Å²) in [6.45, 7) is 0.715. The maximum atomic E-state index is 9.20. The van der Waals surface area contributed by atoms with Crippen LogP contribution in [0.15, 0.2) is 24.3 Å². The first-order valence-electron chi connectivity index (χ1n) is 3.26. The highest BCUT2D eigenvalue weighted by molar-refractivity contribution is 8.93. The zero-order chi connectivity index (χ0) is 7.40. The van der Waals surface area contributed by atoms with Crippen molar-refractivity contribution in [3.05, 3.63) is 29.8 Å². The molecule has 1 aromatic carbocycles. The molecule has 2 nitrogen and oxygen atoms in total.